The predicted molar refractivity (Wildman–Crippen MR) is 68.6 cm³/mol. The van der Waals surface area contributed by atoms with Crippen LogP contribution in [0.3, 0.4) is 0 Å². The van der Waals surface area contributed by atoms with Crippen molar-refractivity contribution in [3.05, 3.63) is 12.2 Å². The van der Waals surface area contributed by atoms with Crippen LogP contribution in [0.4, 0.5) is 0 Å². The average Bonchev–Trinajstić information content (AvgIpc) is 2.71. The summed E-state index contributed by atoms with van der Waals surface area (Å²) in [6, 6.07) is 0. The van der Waals surface area contributed by atoms with Crippen molar-refractivity contribution < 1.29 is 14.6 Å². The Kier molecular flexibility index (Phi) is 6.17. The monoisotopic (exact) mass is 242 g/mol. The summed E-state index contributed by atoms with van der Waals surface area (Å²) in [5.41, 5.74) is 1.24. The van der Waals surface area contributed by atoms with Gasteiger partial charge in [0, 0.05) is 27.2 Å². The largest absolute Gasteiger partial charge is 0.396 e. The first-order chi connectivity index (χ1) is 8.13. The van der Waals surface area contributed by atoms with Crippen LogP contribution >= 0.6 is 0 Å². The highest BCUT2D eigenvalue weighted by Crippen LogP contribution is 2.41. The van der Waals surface area contributed by atoms with Gasteiger partial charge in [0.25, 0.3) is 0 Å². The minimum Gasteiger partial charge on any atom is -0.396 e. The second kappa shape index (κ2) is 7.14. The Balaban J connectivity index is 2.42. The number of aliphatic hydroxyl groups excluding tert-OH is 1. The zero-order valence-corrected chi connectivity index (χ0v) is 11.3. The van der Waals surface area contributed by atoms with Crippen molar-refractivity contribution >= 4 is 0 Å². The quantitative estimate of drug-likeness (QED) is 0.551. The van der Waals surface area contributed by atoms with Gasteiger partial charge in [-0.2, -0.15) is 0 Å². The van der Waals surface area contributed by atoms with Gasteiger partial charge in [0.15, 0.2) is 6.29 Å². The Bertz CT molecular complexity index is 236. The standard InChI is InChI=1S/C14H26O3/c1-10(6-8-14(16-3)17-4)12-7-5-11(2)13(12)9-15/h11-15H,1,5-9H2,2-4H3. The maximum absolute atomic E-state index is 9.44. The minimum atomic E-state index is -0.141. The molecule has 3 atom stereocenters. The van der Waals surface area contributed by atoms with E-state index < -0.39 is 0 Å². The van der Waals surface area contributed by atoms with Crippen LogP contribution in [0.2, 0.25) is 0 Å². The van der Waals surface area contributed by atoms with Crippen molar-refractivity contribution in [3.8, 4) is 0 Å². The van der Waals surface area contributed by atoms with E-state index in [0.717, 1.165) is 19.3 Å². The molecule has 0 aromatic heterocycles. The molecule has 100 valence electrons. The fourth-order valence-corrected chi connectivity index (χ4v) is 2.90. The van der Waals surface area contributed by atoms with Crippen LogP contribution < -0.4 is 0 Å². The number of allylic oxidation sites excluding steroid dienone is 1. The maximum atomic E-state index is 9.44. The number of methoxy groups -OCH3 is 2. The number of hydrogen-bond donors (Lipinski definition) is 1. The van der Waals surface area contributed by atoms with Crippen LogP contribution in [0.5, 0.6) is 0 Å². The molecular formula is C14H26O3. The summed E-state index contributed by atoms with van der Waals surface area (Å²) in [5.74, 6) is 1.48. The van der Waals surface area contributed by atoms with Gasteiger partial charge < -0.3 is 14.6 Å². The molecule has 0 saturated heterocycles. The highest BCUT2D eigenvalue weighted by molar-refractivity contribution is 5.06. The summed E-state index contributed by atoms with van der Waals surface area (Å²) in [5, 5.41) is 9.44. The van der Waals surface area contributed by atoms with Gasteiger partial charge in [0.2, 0.25) is 0 Å². The highest BCUT2D eigenvalue weighted by Gasteiger charge is 2.34. The minimum absolute atomic E-state index is 0.141. The Morgan fingerprint density at radius 2 is 2.00 bits per heavy atom. The summed E-state index contributed by atoms with van der Waals surface area (Å²) in [6.45, 7) is 6.69. The molecule has 0 heterocycles. The average molecular weight is 242 g/mol. The molecule has 1 rings (SSSR count). The van der Waals surface area contributed by atoms with Crippen molar-refractivity contribution in [2.75, 3.05) is 20.8 Å². The second-order valence-corrected chi connectivity index (χ2v) is 5.11. The molecule has 1 fully saturated rings. The summed E-state index contributed by atoms with van der Waals surface area (Å²) in [6.07, 6.45) is 3.98. The Labute approximate surface area is 105 Å². The van der Waals surface area contributed by atoms with Crippen molar-refractivity contribution in [2.45, 2.75) is 38.9 Å². The van der Waals surface area contributed by atoms with Gasteiger partial charge >= 0.3 is 0 Å². The first-order valence-electron chi connectivity index (χ1n) is 6.48. The summed E-state index contributed by atoms with van der Waals surface area (Å²) in [4.78, 5) is 0. The lowest BCUT2D eigenvalue weighted by molar-refractivity contribution is -0.106. The molecule has 0 radical (unpaired) electrons. The first kappa shape index (κ1) is 14.7. The molecule has 0 bridgehead atoms. The molecule has 0 aliphatic heterocycles. The van der Waals surface area contributed by atoms with E-state index in [0.29, 0.717) is 17.8 Å². The normalized spacial score (nSPS) is 28.9. The van der Waals surface area contributed by atoms with Gasteiger partial charge in [0.05, 0.1) is 0 Å². The van der Waals surface area contributed by atoms with Crippen LogP contribution in [0.15, 0.2) is 12.2 Å². The lowest BCUT2D eigenvalue weighted by Gasteiger charge is -2.23. The second-order valence-electron chi connectivity index (χ2n) is 5.11. The summed E-state index contributed by atoms with van der Waals surface area (Å²) < 4.78 is 10.3. The van der Waals surface area contributed by atoms with Gasteiger partial charge in [0.1, 0.15) is 0 Å². The third kappa shape index (κ3) is 3.80. The van der Waals surface area contributed by atoms with E-state index in [1.54, 1.807) is 14.2 Å². The van der Waals surface area contributed by atoms with Crippen molar-refractivity contribution in [3.63, 3.8) is 0 Å². The van der Waals surface area contributed by atoms with E-state index in [-0.39, 0.29) is 12.9 Å². The third-order valence-electron chi connectivity index (χ3n) is 4.14. The van der Waals surface area contributed by atoms with E-state index in [9.17, 15) is 5.11 Å². The number of rotatable bonds is 7. The van der Waals surface area contributed by atoms with Crippen molar-refractivity contribution in [1.29, 1.82) is 0 Å². The van der Waals surface area contributed by atoms with Crippen LogP contribution in [0.25, 0.3) is 0 Å². The number of aliphatic hydroxyl groups is 1. The molecule has 1 aliphatic carbocycles. The lowest BCUT2D eigenvalue weighted by atomic mass is 9.84. The molecule has 3 unspecified atom stereocenters. The fraction of sp³-hybridized carbons (Fsp3) is 0.857. The van der Waals surface area contributed by atoms with E-state index in [1.807, 2.05) is 0 Å². The molecule has 0 spiro atoms. The Morgan fingerprint density at radius 3 is 2.53 bits per heavy atom. The topological polar surface area (TPSA) is 38.7 Å². The predicted octanol–water partition coefficient (Wildman–Crippen LogP) is 2.60. The van der Waals surface area contributed by atoms with E-state index >= 15 is 0 Å². The van der Waals surface area contributed by atoms with Gasteiger partial charge in [-0.25, -0.2) is 0 Å². The van der Waals surface area contributed by atoms with Crippen LogP contribution in [-0.2, 0) is 9.47 Å². The van der Waals surface area contributed by atoms with Crippen LogP contribution in [0, 0.1) is 17.8 Å². The fourth-order valence-electron chi connectivity index (χ4n) is 2.90. The smallest absolute Gasteiger partial charge is 0.157 e. The molecule has 17 heavy (non-hydrogen) atoms. The maximum Gasteiger partial charge on any atom is 0.157 e. The summed E-state index contributed by atoms with van der Waals surface area (Å²) >= 11 is 0. The zero-order valence-electron chi connectivity index (χ0n) is 11.3. The lowest BCUT2D eigenvalue weighted by Crippen LogP contribution is -2.20. The van der Waals surface area contributed by atoms with Gasteiger partial charge in [-0.1, -0.05) is 19.1 Å². The van der Waals surface area contributed by atoms with Gasteiger partial charge in [-0.05, 0) is 37.0 Å². The highest BCUT2D eigenvalue weighted by atomic mass is 16.7. The molecule has 0 aromatic carbocycles. The number of ether oxygens (including phenoxy) is 2. The van der Waals surface area contributed by atoms with Gasteiger partial charge in [-0.3, -0.25) is 0 Å². The van der Waals surface area contributed by atoms with Gasteiger partial charge in [-0.15, -0.1) is 0 Å². The molecule has 3 heteroatoms. The molecule has 1 saturated carbocycles. The number of hydrogen-bond acceptors (Lipinski definition) is 3. The van der Waals surface area contributed by atoms with Crippen LogP contribution in [0.1, 0.15) is 32.6 Å². The zero-order chi connectivity index (χ0) is 12.8. The Morgan fingerprint density at radius 1 is 1.35 bits per heavy atom. The van der Waals surface area contributed by atoms with Crippen molar-refractivity contribution in [1.82, 2.24) is 0 Å². The Hall–Kier alpha value is -0.380. The molecule has 1 aliphatic rings. The van der Waals surface area contributed by atoms with Crippen LogP contribution in [-0.4, -0.2) is 32.2 Å². The first-order valence-corrected chi connectivity index (χ1v) is 6.48. The molecule has 3 nitrogen and oxygen atoms in total. The SMILES string of the molecule is C=C(CCC(OC)OC)C1CCC(C)C1CO. The van der Waals surface area contributed by atoms with Crippen molar-refractivity contribution in [2.24, 2.45) is 17.8 Å². The molecule has 0 aromatic rings. The van der Waals surface area contributed by atoms with E-state index in [1.165, 1.54) is 12.0 Å². The molecule has 0 amide bonds. The third-order valence-corrected chi connectivity index (χ3v) is 4.14. The molecule has 1 N–H and O–H groups in total. The van der Waals surface area contributed by atoms with E-state index in [2.05, 4.69) is 13.5 Å². The molecular weight excluding hydrogens is 216 g/mol. The van der Waals surface area contributed by atoms with E-state index in [4.69, 9.17) is 9.47 Å². The summed E-state index contributed by atoms with van der Waals surface area (Å²) in [7, 11) is 3.32.